The minimum atomic E-state index is -4.85. The third kappa shape index (κ3) is 4.65. The van der Waals surface area contributed by atoms with Gasteiger partial charge in [-0.3, -0.25) is 4.79 Å². The monoisotopic (exact) mass is 511 g/mol. The number of imide groups is 1. The number of nitrogen functional groups attached to an aromatic ring is 1. The molecule has 0 atom stereocenters. The summed E-state index contributed by atoms with van der Waals surface area (Å²) < 4.78 is 54.4. The molecule has 0 saturated carbocycles. The molecule has 190 valence electrons. The van der Waals surface area contributed by atoms with E-state index in [4.69, 9.17) is 11.0 Å². The fourth-order valence-electron chi connectivity index (χ4n) is 4.04. The summed E-state index contributed by atoms with van der Waals surface area (Å²) in [6, 6.07) is 14.4. The van der Waals surface area contributed by atoms with E-state index in [-0.39, 0.29) is 17.9 Å². The molecule has 3 aromatic rings. The lowest BCUT2D eigenvalue weighted by atomic mass is 10.0. The van der Waals surface area contributed by atoms with E-state index in [1.165, 1.54) is 36.9 Å². The molecule has 1 heterocycles. The van der Waals surface area contributed by atoms with Crippen molar-refractivity contribution in [3.05, 3.63) is 83.2 Å². The van der Waals surface area contributed by atoms with Crippen LogP contribution in [0.1, 0.15) is 30.5 Å². The smallest absolute Gasteiger partial charge is 0.396 e. The lowest BCUT2D eigenvalue weighted by Crippen LogP contribution is -2.43. The highest BCUT2D eigenvalue weighted by molar-refractivity contribution is 6.23. The number of rotatable bonds is 5. The predicted octanol–water partition coefficient (Wildman–Crippen LogP) is 5.79. The third-order valence-electron chi connectivity index (χ3n) is 6.14. The molecule has 4 rings (SSSR count). The minimum absolute atomic E-state index is 0.0154. The number of nitrogens with two attached hydrogens (primary N) is 1. The van der Waals surface area contributed by atoms with Crippen LogP contribution in [0.3, 0.4) is 0 Å². The predicted molar refractivity (Wildman–Crippen MR) is 129 cm³/mol. The van der Waals surface area contributed by atoms with Crippen molar-refractivity contribution in [2.45, 2.75) is 32.1 Å². The average Bonchev–Trinajstić information content (AvgIpc) is 3.00. The van der Waals surface area contributed by atoms with Crippen LogP contribution in [0.4, 0.5) is 45.1 Å². The van der Waals surface area contributed by atoms with Gasteiger partial charge in [0.1, 0.15) is 11.4 Å². The van der Waals surface area contributed by atoms with Crippen LogP contribution in [-0.4, -0.2) is 22.4 Å². The zero-order chi connectivity index (χ0) is 27.1. The van der Waals surface area contributed by atoms with E-state index in [2.05, 4.69) is 5.32 Å². The van der Waals surface area contributed by atoms with Gasteiger partial charge in [0.05, 0.1) is 35.1 Å². The summed E-state index contributed by atoms with van der Waals surface area (Å²) in [7, 11) is 0. The summed E-state index contributed by atoms with van der Waals surface area (Å²) >= 11 is 0. The highest BCUT2D eigenvalue weighted by Gasteiger charge is 2.52. The highest BCUT2D eigenvalue weighted by atomic mass is 19.4. The Labute approximate surface area is 209 Å². The number of anilines is 4. The summed E-state index contributed by atoms with van der Waals surface area (Å²) in [4.78, 5) is 28.6. The molecule has 1 fully saturated rings. The van der Waals surface area contributed by atoms with Crippen molar-refractivity contribution in [2.75, 3.05) is 16.0 Å². The molecule has 0 radical (unpaired) electrons. The Morgan fingerprint density at radius 1 is 1.05 bits per heavy atom. The molecule has 3 N–H and O–H groups in total. The molecule has 0 aliphatic carbocycles. The Kier molecular flexibility index (Phi) is 6.29. The number of carbonyl (C=O) groups is 2. The molecule has 1 aliphatic rings. The van der Waals surface area contributed by atoms with Crippen LogP contribution in [0.5, 0.6) is 0 Å². The topological polar surface area (TPSA) is 102 Å². The summed E-state index contributed by atoms with van der Waals surface area (Å²) in [5.41, 5.74) is 3.47. The number of benzene rings is 3. The van der Waals surface area contributed by atoms with Crippen LogP contribution in [-0.2, 0) is 17.5 Å². The first kappa shape index (κ1) is 25.5. The van der Waals surface area contributed by atoms with E-state index in [1.807, 2.05) is 0 Å². The van der Waals surface area contributed by atoms with E-state index in [1.54, 1.807) is 30.3 Å². The van der Waals surface area contributed by atoms with Gasteiger partial charge in [0.2, 0.25) is 0 Å². The zero-order valence-corrected chi connectivity index (χ0v) is 19.7. The molecule has 1 aliphatic heterocycles. The first-order chi connectivity index (χ1) is 17.3. The summed E-state index contributed by atoms with van der Waals surface area (Å²) in [5.74, 6) is -1.33. The molecule has 0 spiro atoms. The molecule has 0 aromatic heterocycles. The molecular weight excluding hydrogens is 490 g/mol. The van der Waals surface area contributed by atoms with Crippen LogP contribution in [0, 0.1) is 17.1 Å². The van der Waals surface area contributed by atoms with Crippen molar-refractivity contribution >= 4 is 34.7 Å². The Hall–Kier alpha value is -4.59. The highest BCUT2D eigenvalue weighted by Crippen LogP contribution is 2.38. The standard InChI is InChI=1S/C26H21F4N5O2/c1-25(2)23(36)35(18-9-7-15(13-31)19(12-18)26(28,29)30)24(37)34(25)14-16-5-3-4-6-22(16)33-17-8-10-21(32)20(27)11-17/h3-12,33H,14,32H2,1-2H3. The Balaban J connectivity index is 1.68. The minimum Gasteiger partial charge on any atom is -0.396 e. The maximum atomic E-state index is 13.9. The number of para-hydroxylation sites is 1. The van der Waals surface area contributed by atoms with Gasteiger partial charge in [0, 0.05) is 11.4 Å². The Bertz CT molecular complexity index is 1450. The average molecular weight is 511 g/mol. The van der Waals surface area contributed by atoms with Crippen molar-refractivity contribution in [1.29, 1.82) is 5.26 Å². The second kappa shape index (κ2) is 9.13. The van der Waals surface area contributed by atoms with Gasteiger partial charge in [0.15, 0.2) is 0 Å². The molecule has 0 unspecified atom stereocenters. The van der Waals surface area contributed by atoms with Crippen molar-refractivity contribution in [3.63, 3.8) is 0 Å². The number of amides is 3. The largest absolute Gasteiger partial charge is 0.417 e. The number of hydrogen-bond acceptors (Lipinski definition) is 5. The lowest BCUT2D eigenvalue weighted by Gasteiger charge is -2.28. The first-order valence-electron chi connectivity index (χ1n) is 11.0. The summed E-state index contributed by atoms with van der Waals surface area (Å²) in [6.45, 7) is 2.91. The van der Waals surface area contributed by atoms with Crippen molar-refractivity contribution < 1.29 is 27.2 Å². The van der Waals surface area contributed by atoms with Gasteiger partial charge in [0.25, 0.3) is 5.91 Å². The van der Waals surface area contributed by atoms with Crippen LogP contribution in [0.2, 0.25) is 0 Å². The molecular formula is C26H21F4N5O2. The van der Waals surface area contributed by atoms with Gasteiger partial charge in [-0.15, -0.1) is 0 Å². The van der Waals surface area contributed by atoms with Gasteiger partial charge in [-0.05, 0) is 61.9 Å². The molecule has 3 amide bonds. The second-order valence-electron chi connectivity index (χ2n) is 8.93. The van der Waals surface area contributed by atoms with Gasteiger partial charge < -0.3 is 16.0 Å². The molecule has 0 bridgehead atoms. The van der Waals surface area contributed by atoms with E-state index in [0.717, 1.165) is 12.1 Å². The Morgan fingerprint density at radius 2 is 1.76 bits per heavy atom. The third-order valence-corrected chi connectivity index (χ3v) is 6.14. The van der Waals surface area contributed by atoms with Gasteiger partial charge in [-0.1, -0.05) is 18.2 Å². The maximum absolute atomic E-state index is 13.9. The van der Waals surface area contributed by atoms with Crippen LogP contribution < -0.4 is 16.0 Å². The van der Waals surface area contributed by atoms with E-state index >= 15 is 0 Å². The van der Waals surface area contributed by atoms with Gasteiger partial charge >= 0.3 is 12.2 Å². The normalized spacial score (nSPS) is 15.2. The van der Waals surface area contributed by atoms with E-state index in [0.29, 0.717) is 27.9 Å². The van der Waals surface area contributed by atoms with E-state index in [9.17, 15) is 27.2 Å². The first-order valence-corrected chi connectivity index (χ1v) is 11.0. The molecule has 1 saturated heterocycles. The molecule has 37 heavy (non-hydrogen) atoms. The molecule has 11 heteroatoms. The van der Waals surface area contributed by atoms with Gasteiger partial charge in [-0.2, -0.15) is 18.4 Å². The van der Waals surface area contributed by atoms with E-state index < -0.39 is 40.6 Å². The number of nitrogens with one attached hydrogen (secondary N) is 1. The second-order valence-corrected chi connectivity index (χ2v) is 8.93. The SMILES string of the molecule is CC1(C)C(=O)N(c2ccc(C#N)c(C(F)(F)F)c2)C(=O)N1Cc1ccccc1Nc1ccc(N)c(F)c1. The van der Waals surface area contributed by atoms with Gasteiger partial charge in [-0.25, -0.2) is 14.1 Å². The number of nitriles is 1. The number of hydrogen-bond donors (Lipinski definition) is 2. The number of urea groups is 1. The molecule has 3 aromatic carbocycles. The summed E-state index contributed by atoms with van der Waals surface area (Å²) in [5, 5.41) is 12.1. The maximum Gasteiger partial charge on any atom is 0.417 e. The number of alkyl halides is 3. The fourth-order valence-corrected chi connectivity index (χ4v) is 4.04. The van der Waals surface area contributed by atoms with Crippen LogP contribution >= 0.6 is 0 Å². The fraction of sp³-hybridized carbons (Fsp3) is 0.192. The van der Waals surface area contributed by atoms with Crippen molar-refractivity contribution in [1.82, 2.24) is 4.90 Å². The number of nitrogens with zero attached hydrogens (tertiary/aromatic N) is 3. The number of carbonyl (C=O) groups excluding carboxylic acids is 2. The van der Waals surface area contributed by atoms with Crippen LogP contribution in [0.25, 0.3) is 0 Å². The van der Waals surface area contributed by atoms with Crippen LogP contribution in [0.15, 0.2) is 60.7 Å². The quantitative estimate of drug-likeness (QED) is 0.257. The zero-order valence-electron chi connectivity index (χ0n) is 19.7. The van der Waals surface area contributed by atoms with Crippen molar-refractivity contribution in [3.8, 4) is 6.07 Å². The van der Waals surface area contributed by atoms with Crippen molar-refractivity contribution in [2.24, 2.45) is 0 Å². The lowest BCUT2D eigenvalue weighted by molar-refractivity contribution is -0.137. The number of halogens is 4. The summed E-state index contributed by atoms with van der Waals surface area (Å²) in [6.07, 6.45) is -4.85. The Morgan fingerprint density at radius 3 is 2.41 bits per heavy atom. The molecule has 7 nitrogen and oxygen atoms in total.